The first kappa shape index (κ1) is 16.7. The van der Waals surface area contributed by atoms with Gasteiger partial charge in [0.1, 0.15) is 0 Å². The number of piperidine rings is 1. The van der Waals surface area contributed by atoms with E-state index in [1.807, 2.05) is 25.1 Å². The lowest BCUT2D eigenvalue weighted by atomic mass is 9.96. The van der Waals surface area contributed by atoms with Crippen LogP contribution in [0.2, 0.25) is 0 Å². The highest BCUT2D eigenvalue weighted by molar-refractivity contribution is 5.92. The van der Waals surface area contributed by atoms with Crippen molar-refractivity contribution in [2.24, 2.45) is 5.92 Å². The molecule has 0 radical (unpaired) electrons. The first-order valence-electron chi connectivity index (χ1n) is 8.77. The lowest BCUT2D eigenvalue weighted by Crippen LogP contribution is -2.36. The third-order valence-corrected chi connectivity index (χ3v) is 4.81. The lowest BCUT2D eigenvalue weighted by molar-refractivity contribution is -0.121. The maximum atomic E-state index is 12.5. The Labute approximate surface area is 151 Å². The Morgan fingerprint density at radius 3 is 2.77 bits per heavy atom. The maximum absolute atomic E-state index is 12.5. The highest BCUT2D eigenvalue weighted by Gasteiger charge is 2.24. The van der Waals surface area contributed by atoms with Gasteiger partial charge in [0.2, 0.25) is 11.9 Å². The van der Waals surface area contributed by atoms with Gasteiger partial charge in [-0.3, -0.25) is 10.1 Å². The minimum Gasteiger partial charge on any atom is -0.441 e. The fourth-order valence-electron chi connectivity index (χ4n) is 3.21. The number of rotatable bonds is 3. The fourth-order valence-corrected chi connectivity index (χ4v) is 3.21. The van der Waals surface area contributed by atoms with Crippen LogP contribution in [0.3, 0.4) is 0 Å². The van der Waals surface area contributed by atoms with E-state index >= 15 is 0 Å². The molecule has 0 aliphatic carbocycles. The minimum absolute atomic E-state index is 0.000496. The second kappa shape index (κ2) is 6.84. The van der Waals surface area contributed by atoms with Gasteiger partial charge >= 0.3 is 0 Å². The molecule has 134 valence electrons. The van der Waals surface area contributed by atoms with Crippen molar-refractivity contribution in [2.75, 3.05) is 25.5 Å². The van der Waals surface area contributed by atoms with Crippen LogP contribution in [0.1, 0.15) is 18.7 Å². The van der Waals surface area contributed by atoms with Gasteiger partial charge in [-0.15, -0.1) is 0 Å². The van der Waals surface area contributed by atoms with Gasteiger partial charge in [0, 0.05) is 30.0 Å². The van der Waals surface area contributed by atoms with Crippen molar-refractivity contribution in [3.8, 4) is 11.3 Å². The van der Waals surface area contributed by atoms with Crippen LogP contribution in [0.5, 0.6) is 0 Å². The van der Waals surface area contributed by atoms with Gasteiger partial charge in [-0.2, -0.15) is 0 Å². The van der Waals surface area contributed by atoms with Crippen molar-refractivity contribution in [1.82, 2.24) is 19.9 Å². The average Bonchev–Trinajstić information content (AvgIpc) is 3.08. The predicted octanol–water partition coefficient (Wildman–Crippen LogP) is 2.87. The van der Waals surface area contributed by atoms with E-state index in [1.54, 1.807) is 12.4 Å². The molecule has 1 aliphatic heterocycles. The van der Waals surface area contributed by atoms with Crippen molar-refractivity contribution in [1.29, 1.82) is 0 Å². The Balaban J connectivity index is 1.55. The summed E-state index contributed by atoms with van der Waals surface area (Å²) in [7, 11) is 2.08. The smallest absolute Gasteiger partial charge is 0.229 e. The molecule has 3 heterocycles. The van der Waals surface area contributed by atoms with Crippen molar-refractivity contribution in [3.63, 3.8) is 0 Å². The molecule has 4 rings (SSSR count). The first-order valence-corrected chi connectivity index (χ1v) is 8.77. The van der Waals surface area contributed by atoms with Crippen LogP contribution < -0.4 is 5.32 Å². The molecule has 1 amide bonds. The van der Waals surface area contributed by atoms with Crippen LogP contribution in [0.25, 0.3) is 22.2 Å². The van der Waals surface area contributed by atoms with Crippen LogP contribution in [0.15, 0.2) is 35.0 Å². The largest absolute Gasteiger partial charge is 0.441 e. The molecule has 0 saturated carbocycles. The summed E-state index contributed by atoms with van der Waals surface area (Å²) in [6, 6.07) is 5.80. The number of likely N-dealkylation sites (tertiary alicyclic amines) is 1. The summed E-state index contributed by atoms with van der Waals surface area (Å²) in [5.74, 6) is 1.68. The van der Waals surface area contributed by atoms with Gasteiger partial charge in [0.25, 0.3) is 0 Å². The average molecular weight is 351 g/mol. The molecular weight excluding hydrogens is 330 g/mol. The van der Waals surface area contributed by atoms with Gasteiger partial charge in [-0.1, -0.05) is 12.1 Å². The van der Waals surface area contributed by atoms with Crippen LogP contribution in [0, 0.1) is 12.8 Å². The van der Waals surface area contributed by atoms with Crippen LogP contribution >= 0.6 is 0 Å². The summed E-state index contributed by atoms with van der Waals surface area (Å²) in [5, 5.41) is 3.77. The molecule has 1 fully saturated rings. The second-order valence-corrected chi connectivity index (χ2v) is 6.78. The molecule has 0 unspecified atom stereocenters. The van der Waals surface area contributed by atoms with E-state index < -0.39 is 0 Å². The molecule has 1 saturated heterocycles. The number of aryl methyl sites for hydroxylation is 1. The molecule has 0 bridgehead atoms. The Hall–Kier alpha value is -2.80. The minimum atomic E-state index is -0.000496. The number of carbonyl (C=O) groups excluding carboxylic acids is 1. The van der Waals surface area contributed by atoms with Crippen LogP contribution in [-0.2, 0) is 4.79 Å². The monoisotopic (exact) mass is 351 g/mol. The molecule has 1 aromatic carbocycles. The molecule has 3 aromatic rings. The van der Waals surface area contributed by atoms with Gasteiger partial charge in [-0.05, 0) is 39.0 Å². The van der Waals surface area contributed by atoms with Crippen LogP contribution in [-0.4, -0.2) is 45.9 Å². The number of benzene rings is 1. The number of anilines is 1. The van der Waals surface area contributed by atoms with E-state index in [2.05, 4.69) is 32.2 Å². The van der Waals surface area contributed by atoms with Crippen molar-refractivity contribution >= 4 is 22.8 Å². The molecule has 1 aliphatic rings. The number of oxazole rings is 1. The standard InChI is InChI=1S/C19H21N5O2/c1-12-20-11-17(26-12)14-3-4-15-10-21-19(22-16(15)9-14)23-18(25)13-5-7-24(2)8-6-13/h3-4,9-11,13H,5-8H2,1-2H3,(H,21,22,23,25). The number of hydrogen-bond donors (Lipinski definition) is 1. The lowest BCUT2D eigenvalue weighted by Gasteiger charge is -2.27. The van der Waals surface area contributed by atoms with Gasteiger partial charge in [-0.25, -0.2) is 15.0 Å². The normalized spacial score (nSPS) is 16.1. The van der Waals surface area contributed by atoms with Gasteiger partial charge in [0.05, 0.1) is 11.7 Å². The SMILES string of the molecule is Cc1ncc(-c2ccc3cnc(NC(=O)C4CCN(C)CC4)nc3c2)o1. The number of amides is 1. The molecule has 1 N–H and O–H groups in total. The predicted molar refractivity (Wildman–Crippen MR) is 98.6 cm³/mol. The van der Waals surface area contributed by atoms with Crippen LogP contribution in [0.4, 0.5) is 5.95 Å². The highest BCUT2D eigenvalue weighted by Crippen LogP contribution is 2.25. The zero-order chi connectivity index (χ0) is 18.1. The number of nitrogens with zero attached hydrogens (tertiary/aromatic N) is 4. The molecule has 7 nitrogen and oxygen atoms in total. The summed E-state index contributed by atoms with van der Waals surface area (Å²) >= 11 is 0. The summed E-state index contributed by atoms with van der Waals surface area (Å²) in [5.41, 5.74) is 1.65. The van der Waals surface area contributed by atoms with E-state index in [0.717, 1.165) is 42.4 Å². The third kappa shape index (κ3) is 3.43. The number of hydrogen-bond acceptors (Lipinski definition) is 6. The molecule has 0 atom stereocenters. The number of aromatic nitrogens is 3. The molecule has 7 heteroatoms. The van der Waals surface area contributed by atoms with Gasteiger partial charge < -0.3 is 9.32 Å². The molecular formula is C19H21N5O2. The molecule has 0 spiro atoms. The Morgan fingerprint density at radius 1 is 1.23 bits per heavy atom. The summed E-state index contributed by atoms with van der Waals surface area (Å²) in [4.78, 5) is 27.6. The molecule has 2 aromatic heterocycles. The van der Waals surface area contributed by atoms with E-state index in [-0.39, 0.29) is 11.8 Å². The van der Waals surface area contributed by atoms with Crippen molar-refractivity contribution < 1.29 is 9.21 Å². The van der Waals surface area contributed by atoms with E-state index in [4.69, 9.17) is 4.42 Å². The Bertz CT molecular complexity index is 944. The van der Waals surface area contributed by atoms with Gasteiger partial charge in [0.15, 0.2) is 11.7 Å². The number of fused-ring (bicyclic) bond motifs is 1. The Morgan fingerprint density at radius 2 is 2.04 bits per heavy atom. The summed E-state index contributed by atoms with van der Waals surface area (Å²) in [6.45, 7) is 3.69. The number of carbonyl (C=O) groups is 1. The van der Waals surface area contributed by atoms with Crippen molar-refractivity contribution in [3.05, 3.63) is 36.5 Å². The summed E-state index contributed by atoms with van der Waals surface area (Å²) in [6.07, 6.45) is 5.15. The second-order valence-electron chi connectivity index (χ2n) is 6.78. The highest BCUT2D eigenvalue weighted by atomic mass is 16.4. The Kier molecular flexibility index (Phi) is 4.38. The van der Waals surface area contributed by atoms with E-state index in [9.17, 15) is 4.79 Å². The zero-order valence-corrected chi connectivity index (χ0v) is 14.9. The van der Waals surface area contributed by atoms with E-state index in [1.165, 1.54) is 0 Å². The topological polar surface area (TPSA) is 84.2 Å². The van der Waals surface area contributed by atoms with E-state index in [0.29, 0.717) is 17.6 Å². The maximum Gasteiger partial charge on any atom is 0.229 e. The fraction of sp³-hybridized carbons (Fsp3) is 0.368. The first-order chi connectivity index (χ1) is 12.6. The summed E-state index contributed by atoms with van der Waals surface area (Å²) < 4.78 is 5.57. The van der Waals surface area contributed by atoms with Crippen molar-refractivity contribution in [2.45, 2.75) is 19.8 Å². The third-order valence-electron chi connectivity index (χ3n) is 4.81. The quantitative estimate of drug-likeness (QED) is 0.781. The number of nitrogens with one attached hydrogen (secondary N) is 1. The zero-order valence-electron chi connectivity index (χ0n) is 14.9. The molecule has 26 heavy (non-hydrogen) atoms.